The molecule has 0 heterocycles. The highest BCUT2D eigenvalue weighted by atomic mass is 32.2. The molecule has 112 valence electrons. The van der Waals surface area contributed by atoms with Crippen LogP contribution in [0.25, 0.3) is 0 Å². The zero-order valence-corrected chi connectivity index (χ0v) is 12.2. The van der Waals surface area contributed by atoms with Crippen molar-refractivity contribution in [2.24, 2.45) is 0 Å². The number of nitrogens with two attached hydrogens (primary N) is 1. The van der Waals surface area contributed by atoms with Gasteiger partial charge in [0.05, 0.1) is 17.1 Å². The first-order valence-corrected chi connectivity index (χ1v) is 8.21. The van der Waals surface area contributed by atoms with Crippen LogP contribution in [0.15, 0.2) is 18.2 Å². The van der Waals surface area contributed by atoms with Crippen LogP contribution in [0.5, 0.6) is 0 Å². The van der Waals surface area contributed by atoms with Crippen LogP contribution in [0.4, 0.5) is 15.8 Å². The number of nitrogens with one attached hydrogen (secondary N) is 1. The van der Waals surface area contributed by atoms with Crippen molar-refractivity contribution in [2.45, 2.75) is 26.2 Å². The molecule has 1 aromatic rings. The maximum absolute atomic E-state index is 12.8. The zero-order chi connectivity index (χ0) is 15.2. The van der Waals surface area contributed by atoms with Crippen LogP contribution in [-0.4, -0.2) is 25.8 Å². The Kier molecular flexibility index (Phi) is 5.94. The fraction of sp³-hybridized carbons (Fsp3) is 0.462. The first-order valence-electron chi connectivity index (χ1n) is 6.39. The summed E-state index contributed by atoms with van der Waals surface area (Å²) in [6, 6.07) is 3.68. The molecule has 7 heteroatoms. The van der Waals surface area contributed by atoms with Crippen LogP contribution in [0.1, 0.15) is 26.2 Å². The predicted octanol–water partition coefficient (Wildman–Crippen LogP) is 1.95. The van der Waals surface area contributed by atoms with Crippen molar-refractivity contribution < 1.29 is 17.6 Å². The van der Waals surface area contributed by atoms with Crippen molar-refractivity contribution in [3.05, 3.63) is 24.0 Å². The zero-order valence-electron chi connectivity index (χ0n) is 11.4. The number of amides is 1. The third-order valence-corrected chi connectivity index (χ3v) is 4.60. The van der Waals surface area contributed by atoms with Gasteiger partial charge in [0.1, 0.15) is 15.7 Å². The van der Waals surface area contributed by atoms with E-state index in [-0.39, 0.29) is 35.9 Å². The van der Waals surface area contributed by atoms with Crippen molar-refractivity contribution in [3.63, 3.8) is 0 Å². The van der Waals surface area contributed by atoms with E-state index in [9.17, 15) is 17.6 Å². The number of halogens is 1. The van der Waals surface area contributed by atoms with Gasteiger partial charge in [-0.05, 0) is 31.0 Å². The summed E-state index contributed by atoms with van der Waals surface area (Å²) in [6.07, 6.45) is 0.912. The minimum Gasteiger partial charge on any atom is -0.397 e. The van der Waals surface area contributed by atoms with E-state index in [4.69, 9.17) is 5.73 Å². The van der Waals surface area contributed by atoms with E-state index < -0.39 is 15.7 Å². The van der Waals surface area contributed by atoms with Crippen LogP contribution in [0, 0.1) is 5.82 Å². The number of carbonyl (C=O) groups is 1. The minimum absolute atomic E-state index is 0.00679. The largest absolute Gasteiger partial charge is 0.397 e. The van der Waals surface area contributed by atoms with Gasteiger partial charge >= 0.3 is 0 Å². The lowest BCUT2D eigenvalue weighted by Gasteiger charge is -2.08. The third kappa shape index (κ3) is 5.56. The molecule has 20 heavy (non-hydrogen) atoms. The number of nitrogen functional groups attached to an aromatic ring is 1. The number of sulfone groups is 1. The molecular formula is C13H19FN2O3S. The molecule has 0 saturated carbocycles. The highest BCUT2D eigenvalue weighted by Gasteiger charge is 2.11. The van der Waals surface area contributed by atoms with Crippen LogP contribution in [0.2, 0.25) is 0 Å². The van der Waals surface area contributed by atoms with E-state index in [0.29, 0.717) is 12.1 Å². The number of benzene rings is 1. The van der Waals surface area contributed by atoms with Gasteiger partial charge in [0.15, 0.2) is 0 Å². The summed E-state index contributed by atoms with van der Waals surface area (Å²) in [4.78, 5) is 11.6. The molecule has 1 amide bonds. The van der Waals surface area contributed by atoms with Crippen molar-refractivity contribution in [1.82, 2.24) is 0 Å². The molecule has 0 aliphatic heterocycles. The van der Waals surface area contributed by atoms with Gasteiger partial charge in [-0.25, -0.2) is 12.8 Å². The van der Waals surface area contributed by atoms with E-state index in [1.165, 1.54) is 12.1 Å². The Balaban J connectivity index is 2.45. The smallest absolute Gasteiger partial charge is 0.224 e. The molecule has 0 aliphatic carbocycles. The second-order valence-electron chi connectivity index (χ2n) is 4.54. The molecule has 3 N–H and O–H groups in total. The Labute approximate surface area is 118 Å². The highest BCUT2D eigenvalue weighted by molar-refractivity contribution is 7.91. The van der Waals surface area contributed by atoms with E-state index in [1.54, 1.807) is 6.92 Å². The molecule has 1 aromatic carbocycles. The molecule has 0 fully saturated rings. The van der Waals surface area contributed by atoms with E-state index in [1.807, 2.05) is 0 Å². The molecule has 1 rings (SSSR count). The molecule has 0 aliphatic rings. The van der Waals surface area contributed by atoms with Gasteiger partial charge in [0.25, 0.3) is 0 Å². The Hall–Kier alpha value is -1.63. The van der Waals surface area contributed by atoms with Crippen LogP contribution < -0.4 is 11.1 Å². The standard InChI is InChI=1S/C13H19FN2O3S/c1-2-7-20(18,19)8-3-4-13(17)16-12-6-5-10(14)9-11(12)15/h5-6,9H,2-4,7-8,15H2,1H3,(H,16,17). The summed E-state index contributed by atoms with van der Waals surface area (Å²) in [7, 11) is -3.07. The number of anilines is 2. The van der Waals surface area contributed by atoms with Gasteiger partial charge in [-0.3, -0.25) is 4.79 Å². The van der Waals surface area contributed by atoms with E-state index >= 15 is 0 Å². The van der Waals surface area contributed by atoms with Gasteiger partial charge in [-0.1, -0.05) is 6.92 Å². The lowest BCUT2D eigenvalue weighted by molar-refractivity contribution is -0.116. The molecule has 0 aromatic heterocycles. The number of rotatable bonds is 7. The molecule has 0 saturated heterocycles. The predicted molar refractivity (Wildman–Crippen MR) is 77.6 cm³/mol. The monoisotopic (exact) mass is 302 g/mol. The molecular weight excluding hydrogens is 283 g/mol. The maximum Gasteiger partial charge on any atom is 0.224 e. The van der Waals surface area contributed by atoms with Crippen LogP contribution >= 0.6 is 0 Å². The Morgan fingerprint density at radius 3 is 2.65 bits per heavy atom. The summed E-state index contributed by atoms with van der Waals surface area (Å²) in [6.45, 7) is 1.79. The van der Waals surface area contributed by atoms with Crippen molar-refractivity contribution in [2.75, 3.05) is 22.6 Å². The fourth-order valence-corrected chi connectivity index (χ4v) is 3.14. The van der Waals surface area contributed by atoms with Gasteiger partial charge < -0.3 is 11.1 Å². The lowest BCUT2D eigenvalue weighted by Crippen LogP contribution is -2.16. The van der Waals surface area contributed by atoms with Crippen LogP contribution in [-0.2, 0) is 14.6 Å². The first-order chi connectivity index (χ1) is 9.34. The minimum atomic E-state index is -3.07. The second kappa shape index (κ2) is 7.23. The Morgan fingerprint density at radius 2 is 2.05 bits per heavy atom. The number of hydrogen-bond acceptors (Lipinski definition) is 4. The molecule has 0 spiro atoms. The van der Waals surface area contributed by atoms with Gasteiger partial charge in [0, 0.05) is 12.2 Å². The normalized spacial score (nSPS) is 11.3. The Bertz CT molecular complexity index is 573. The van der Waals surface area contributed by atoms with E-state index in [0.717, 1.165) is 6.07 Å². The SMILES string of the molecule is CCCS(=O)(=O)CCCC(=O)Nc1ccc(F)cc1N. The Morgan fingerprint density at radius 1 is 1.35 bits per heavy atom. The molecule has 0 atom stereocenters. The third-order valence-electron chi connectivity index (χ3n) is 2.66. The average Bonchev–Trinajstić information content (AvgIpc) is 2.32. The summed E-state index contributed by atoms with van der Waals surface area (Å²) < 4.78 is 35.8. The molecule has 0 unspecified atom stereocenters. The summed E-state index contributed by atoms with van der Waals surface area (Å²) >= 11 is 0. The summed E-state index contributed by atoms with van der Waals surface area (Å²) in [5.74, 6) is -0.687. The molecule has 0 bridgehead atoms. The van der Waals surface area contributed by atoms with Crippen molar-refractivity contribution >= 4 is 27.1 Å². The highest BCUT2D eigenvalue weighted by Crippen LogP contribution is 2.19. The fourth-order valence-electron chi connectivity index (χ4n) is 1.73. The lowest BCUT2D eigenvalue weighted by atomic mass is 10.2. The topological polar surface area (TPSA) is 89.3 Å². The maximum atomic E-state index is 12.8. The quantitative estimate of drug-likeness (QED) is 0.753. The molecule has 5 nitrogen and oxygen atoms in total. The van der Waals surface area contributed by atoms with Crippen LogP contribution in [0.3, 0.4) is 0 Å². The first kappa shape index (κ1) is 16.4. The number of hydrogen-bond donors (Lipinski definition) is 2. The number of carbonyl (C=O) groups excluding carboxylic acids is 1. The van der Waals surface area contributed by atoms with Crippen molar-refractivity contribution in [1.29, 1.82) is 0 Å². The van der Waals surface area contributed by atoms with Gasteiger partial charge in [-0.2, -0.15) is 0 Å². The summed E-state index contributed by atoms with van der Waals surface area (Å²) in [5.41, 5.74) is 6.02. The second-order valence-corrected chi connectivity index (χ2v) is 6.84. The summed E-state index contributed by atoms with van der Waals surface area (Å²) in [5, 5.41) is 2.53. The van der Waals surface area contributed by atoms with E-state index in [2.05, 4.69) is 5.32 Å². The van der Waals surface area contributed by atoms with Gasteiger partial charge in [-0.15, -0.1) is 0 Å². The molecule has 0 radical (unpaired) electrons. The van der Waals surface area contributed by atoms with Crippen molar-refractivity contribution in [3.8, 4) is 0 Å². The average molecular weight is 302 g/mol. The van der Waals surface area contributed by atoms with Gasteiger partial charge in [0.2, 0.25) is 5.91 Å².